The van der Waals surface area contributed by atoms with Gasteiger partial charge in [-0.3, -0.25) is 24.2 Å². The van der Waals surface area contributed by atoms with Crippen LogP contribution in [0.4, 0.5) is 23.4 Å². The van der Waals surface area contributed by atoms with Crippen molar-refractivity contribution in [1.29, 1.82) is 0 Å². The van der Waals surface area contributed by atoms with E-state index in [1.165, 1.54) is 46.2 Å². The Hall–Kier alpha value is -5.34. The van der Waals surface area contributed by atoms with Crippen LogP contribution >= 0.6 is 0 Å². The Balaban J connectivity index is 1.47. The zero-order chi connectivity index (χ0) is 37.9. The molecule has 1 fully saturated rings. The van der Waals surface area contributed by atoms with Gasteiger partial charge in [-0.2, -0.15) is 18.3 Å². The molecule has 3 heterocycles. The second-order valence-corrected chi connectivity index (χ2v) is 13.0. The highest BCUT2D eigenvalue weighted by Crippen LogP contribution is 2.46. The monoisotopic (exact) mass is 732 g/mol. The summed E-state index contributed by atoms with van der Waals surface area (Å²) in [6.07, 6.45) is -1.39. The Morgan fingerprint density at radius 3 is 2.40 bits per heavy atom. The molecule has 10 nitrogen and oxygen atoms in total. The molecule has 3 aromatic carbocycles. The maximum absolute atomic E-state index is 14.5. The molecular formula is C39H40F4N6O4. The van der Waals surface area contributed by atoms with Crippen molar-refractivity contribution in [3.63, 3.8) is 0 Å². The third kappa shape index (κ3) is 7.88. The highest BCUT2D eigenvalue weighted by Gasteiger charge is 2.47. The first kappa shape index (κ1) is 37.4. The number of halogens is 4. The van der Waals surface area contributed by atoms with E-state index in [1.807, 2.05) is 30.3 Å². The van der Waals surface area contributed by atoms with Crippen molar-refractivity contribution in [3.8, 4) is 5.69 Å². The Kier molecular flexibility index (Phi) is 11.1. The highest BCUT2D eigenvalue weighted by molar-refractivity contribution is 6.05. The average Bonchev–Trinajstić information content (AvgIpc) is 3.55. The number of carbonyl (C=O) groups is 3. The lowest BCUT2D eigenvalue weighted by Gasteiger charge is -2.39. The zero-order valence-electron chi connectivity index (χ0n) is 29.5. The van der Waals surface area contributed by atoms with Crippen LogP contribution in [0.1, 0.15) is 58.5 Å². The van der Waals surface area contributed by atoms with Gasteiger partial charge in [-0.15, -0.1) is 0 Å². The molecule has 1 saturated heterocycles. The van der Waals surface area contributed by atoms with Crippen molar-refractivity contribution >= 4 is 23.5 Å². The minimum absolute atomic E-state index is 0.142. The number of nitrogens with zero attached hydrogens (tertiary/aromatic N) is 5. The maximum Gasteiger partial charge on any atom is 0.416 e. The highest BCUT2D eigenvalue weighted by atomic mass is 19.4. The van der Waals surface area contributed by atoms with Gasteiger partial charge < -0.3 is 15.0 Å². The van der Waals surface area contributed by atoms with Gasteiger partial charge in [0.25, 0.3) is 11.8 Å². The van der Waals surface area contributed by atoms with E-state index in [2.05, 4.69) is 10.2 Å². The van der Waals surface area contributed by atoms with E-state index in [0.29, 0.717) is 48.1 Å². The Labute approximate surface area is 304 Å². The summed E-state index contributed by atoms with van der Waals surface area (Å²) in [5, 5.41) is 7.75. The number of aromatic nitrogens is 2. The molecule has 3 atom stereocenters. The van der Waals surface area contributed by atoms with Gasteiger partial charge in [0.15, 0.2) is 0 Å². The molecule has 3 amide bonds. The molecule has 0 spiro atoms. The normalized spacial score (nSPS) is 18.5. The summed E-state index contributed by atoms with van der Waals surface area (Å²) >= 11 is 0. The quantitative estimate of drug-likeness (QED) is 0.165. The molecule has 1 aromatic heterocycles. The summed E-state index contributed by atoms with van der Waals surface area (Å²) in [7, 11) is 1.64. The smallest absolute Gasteiger partial charge is 0.379 e. The molecule has 0 bridgehead atoms. The number of alkyl halides is 3. The number of hydrogen-bond donors (Lipinski definition) is 1. The summed E-state index contributed by atoms with van der Waals surface area (Å²) in [5.41, 5.74) is 0.686. The fraction of sp³-hybridized carbons (Fsp3) is 0.333. The number of para-hydroxylation sites is 1. The fourth-order valence-corrected chi connectivity index (χ4v) is 6.75. The van der Waals surface area contributed by atoms with E-state index in [0.717, 1.165) is 31.3 Å². The lowest BCUT2D eigenvalue weighted by Crippen LogP contribution is -2.55. The third-order valence-electron chi connectivity index (χ3n) is 9.69. The zero-order valence-corrected chi connectivity index (χ0v) is 29.5. The minimum atomic E-state index is -4.69. The topological polar surface area (TPSA) is 100 Å². The van der Waals surface area contributed by atoms with Crippen LogP contribution in [0.25, 0.3) is 5.69 Å². The standard InChI is InChI=1S/C39H40F4N6O4/c1-4-48-37-33(32(26-15-17-29(40)18-16-26)35(38(48)52)44-36(51)27-10-8-11-28(24-27)39(41,42)43)34(45-49(37)30-12-6-5-7-13-30)25(2)46(3)31(50)14-9-19-47-20-22-53-23-21-47/h5-18,24-25,32,35H,4,19-23H2,1-3H3,(H,44,51)/b14-9+/t25-,32+,35+/m1/s1. The molecule has 53 heavy (non-hydrogen) atoms. The number of anilines is 1. The van der Waals surface area contributed by atoms with Gasteiger partial charge in [-0.1, -0.05) is 42.5 Å². The number of ether oxygens (including phenoxy) is 1. The van der Waals surface area contributed by atoms with Crippen LogP contribution in [-0.2, 0) is 20.5 Å². The van der Waals surface area contributed by atoms with Gasteiger partial charge in [0, 0.05) is 56.3 Å². The molecule has 1 N–H and O–H groups in total. The molecule has 0 unspecified atom stereocenters. The number of hydrogen-bond acceptors (Lipinski definition) is 6. The van der Waals surface area contributed by atoms with E-state index in [1.54, 1.807) is 31.7 Å². The summed E-state index contributed by atoms with van der Waals surface area (Å²) in [6.45, 7) is 7.05. The van der Waals surface area contributed by atoms with Gasteiger partial charge in [0.2, 0.25) is 5.91 Å². The van der Waals surface area contributed by atoms with Crippen molar-refractivity contribution < 1.29 is 36.7 Å². The molecule has 0 saturated carbocycles. The summed E-state index contributed by atoms with van der Waals surface area (Å²) in [4.78, 5) is 47.0. The molecule has 0 radical (unpaired) electrons. The Morgan fingerprint density at radius 1 is 1.04 bits per heavy atom. The number of morpholine rings is 1. The van der Waals surface area contributed by atoms with Gasteiger partial charge >= 0.3 is 6.18 Å². The second kappa shape index (κ2) is 15.7. The molecule has 278 valence electrons. The predicted molar refractivity (Wildman–Crippen MR) is 190 cm³/mol. The van der Waals surface area contributed by atoms with Crippen LogP contribution in [0.15, 0.2) is 91.0 Å². The first-order chi connectivity index (χ1) is 25.4. The van der Waals surface area contributed by atoms with Crippen molar-refractivity contribution in [3.05, 3.63) is 125 Å². The first-order valence-corrected chi connectivity index (χ1v) is 17.4. The molecule has 14 heteroatoms. The molecular weight excluding hydrogens is 692 g/mol. The number of benzene rings is 3. The van der Waals surface area contributed by atoms with Crippen LogP contribution in [-0.4, -0.2) is 89.8 Å². The Bertz CT molecular complexity index is 1980. The summed E-state index contributed by atoms with van der Waals surface area (Å²) in [6, 6.07) is 16.5. The molecule has 4 aromatic rings. The van der Waals surface area contributed by atoms with Gasteiger partial charge in [0.05, 0.1) is 36.2 Å². The second-order valence-electron chi connectivity index (χ2n) is 13.0. The van der Waals surface area contributed by atoms with Crippen LogP contribution in [0.2, 0.25) is 0 Å². The number of fused-ring (bicyclic) bond motifs is 1. The van der Waals surface area contributed by atoms with Gasteiger partial charge in [-0.25, -0.2) is 9.07 Å². The van der Waals surface area contributed by atoms with Crippen molar-refractivity contribution in [1.82, 2.24) is 24.9 Å². The SMILES string of the molecule is CCN1C(=O)[C@@H](NC(=O)c2cccc(C(F)(F)F)c2)[C@@H](c2ccc(F)cc2)c2c([C@@H](C)N(C)C(=O)/C=C/CN3CCOCC3)nn(-c3ccccc3)c21. The number of likely N-dealkylation sites (N-methyl/N-ethyl adjacent to an activating group) is 2. The van der Waals surface area contributed by atoms with Gasteiger partial charge in [0.1, 0.15) is 17.7 Å². The predicted octanol–water partition coefficient (Wildman–Crippen LogP) is 5.74. The van der Waals surface area contributed by atoms with Gasteiger partial charge in [-0.05, 0) is 61.9 Å². The minimum Gasteiger partial charge on any atom is -0.379 e. The average molecular weight is 733 g/mol. The number of amides is 3. The molecule has 2 aliphatic rings. The van der Waals surface area contributed by atoms with Crippen LogP contribution < -0.4 is 10.2 Å². The van der Waals surface area contributed by atoms with Crippen molar-refractivity contribution in [2.24, 2.45) is 0 Å². The van der Waals surface area contributed by atoms with E-state index in [9.17, 15) is 31.9 Å². The molecule has 2 aliphatic heterocycles. The Morgan fingerprint density at radius 2 is 1.74 bits per heavy atom. The third-order valence-corrected chi connectivity index (χ3v) is 9.69. The maximum atomic E-state index is 14.5. The van der Waals surface area contributed by atoms with Crippen molar-refractivity contribution in [2.75, 3.05) is 51.3 Å². The van der Waals surface area contributed by atoms with E-state index < -0.39 is 47.4 Å². The van der Waals surface area contributed by atoms with Crippen LogP contribution in [0.5, 0.6) is 0 Å². The first-order valence-electron chi connectivity index (χ1n) is 17.4. The number of rotatable bonds is 10. The lowest BCUT2D eigenvalue weighted by molar-refractivity contribution is -0.137. The number of nitrogens with one attached hydrogen (secondary N) is 1. The lowest BCUT2D eigenvalue weighted by atomic mass is 9.80. The molecule has 0 aliphatic carbocycles. The fourth-order valence-electron chi connectivity index (χ4n) is 6.75. The largest absolute Gasteiger partial charge is 0.416 e. The van der Waals surface area contributed by atoms with E-state index >= 15 is 0 Å². The summed E-state index contributed by atoms with van der Waals surface area (Å²) < 4.78 is 62.2. The van der Waals surface area contributed by atoms with Crippen LogP contribution in [0.3, 0.4) is 0 Å². The molecule has 6 rings (SSSR count). The van der Waals surface area contributed by atoms with E-state index in [4.69, 9.17) is 9.84 Å². The number of carbonyl (C=O) groups excluding carboxylic acids is 3. The van der Waals surface area contributed by atoms with Crippen LogP contribution in [0, 0.1) is 5.82 Å². The summed E-state index contributed by atoms with van der Waals surface area (Å²) in [5.74, 6) is -2.84. The van der Waals surface area contributed by atoms with Crippen molar-refractivity contribution in [2.45, 2.75) is 38.0 Å². The van der Waals surface area contributed by atoms with E-state index in [-0.39, 0.29) is 18.0 Å².